The molecule has 0 fully saturated rings. The largest absolute Gasteiger partial charge is 0.350 e. The summed E-state index contributed by atoms with van der Waals surface area (Å²) in [5.41, 5.74) is 1.57. The molecule has 0 saturated heterocycles. The smallest absolute Gasteiger partial charge is 0.312 e. The Morgan fingerprint density at radius 1 is 1.42 bits per heavy atom. The number of rotatable bonds is 7. The standard InChI is InChI=1S/C14H19BrN6O3/c1-4-19-8-11(15)12(18-19)7-16-13(22)5-6-20-10(3)14(21(23)24)9(2)17-20/h8H,4-7H2,1-3H3,(H,16,22). The topological polar surface area (TPSA) is 108 Å². The summed E-state index contributed by atoms with van der Waals surface area (Å²) >= 11 is 3.40. The van der Waals surface area contributed by atoms with Gasteiger partial charge in [-0.25, -0.2) is 0 Å². The van der Waals surface area contributed by atoms with Crippen molar-refractivity contribution in [2.24, 2.45) is 0 Å². The number of aryl methyl sites for hydroxylation is 3. The van der Waals surface area contributed by atoms with Crippen molar-refractivity contribution in [3.63, 3.8) is 0 Å². The van der Waals surface area contributed by atoms with Crippen LogP contribution in [-0.2, 0) is 24.4 Å². The van der Waals surface area contributed by atoms with Crippen molar-refractivity contribution in [2.75, 3.05) is 0 Å². The molecule has 2 heterocycles. The summed E-state index contributed by atoms with van der Waals surface area (Å²) in [7, 11) is 0. The zero-order valence-electron chi connectivity index (χ0n) is 13.7. The van der Waals surface area contributed by atoms with E-state index in [-0.39, 0.29) is 24.6 Å². The average Bonchev–Trinajstić information content (AvgIpc) is 3.02. The number of nitro groups is 1. The average molecular weight is 399 g/mol. The van der Waals surface area contributed by atoms with Crippen LogP contribution in [0.1, 0.15) is 30.4 Å². The lowest BCUT2D eigenvalue weighted by molar-refractivity contribution is -0.386. The fourth-order valence-corrected chi connectivity index (χ4v) is 2.82. The van der Waals surface area contributed by atoms with Crippen molar-refractivity contribution in [3.8, 4) is 0 Å². The number of carbonyl (C=O) groups is 1. The molecule has 0 bridgehead atoms. The SMILES string of the molecule is CCn1cc(Br)c(CNC(=O)CCn2nc(C)c([N+](=O)[O-])c2C)n1. The second-order valence-corrected chi connectivity index (χ2v) is 6.16. The summed E-state index contributed by atoms with van der Waals surface area (Å²) < 4.78 is 4.12. The van der Waals surface area contributed by atoms with Gasteiger partial charge in [0.15, 0.2) is 0 Å². The molecule has 1 amide bonds. The lowest BCUT2D eigenvalue weighted by Gasteiger charge is -2.05. The van der Waals surface area contributed by atoms with Crippen molar-refractivity contribution in [1.82, 2.24) is 24.9 Å². The summed E-state index contributed by atoms with van der Waals surface area (Å²) in [5.74, 6) is -0.164. The van der Waals surface area contributed by atoms with E-state index in [2.05, 4.69) is 31.4 Å². The van der Waals surface area contributed by atoms with Crippen molar-refractivity contribution in [1.29, 1.82) is 0 Å². The number of carbonyl (C=O) groups excluding carboxylic acids is 1. The Balaban J connectivity index is 1.90. The lowest BCUT2D eigenvalue weighted by atomic mass is 10.3. The first-order valence-corrected chi connectivity index (χ1v) is 8.29. The molecule has 0 unspecified atom stereocenters. The Hall–Kier alpha value is -2.23. The van der Waals surface area contributed by atoms with Gasteiger partial charge in [-0.15, -0.1) is 0 Å². The van der Waals surface area contributed by atoms with Crippen LogP contribution in [0.15, 0.2) is 10.7 Å². The highest BCUT2D eigenvalue weighted by molar-refractivity contribution is 9.10. The molecular formula is C14H19BrN6O3. The van der Waals surface area contributed by atoms with Gasteiger partial charge in [-0.05, 0) is 36.7 Å². The van der Waals surface area contributed by atoms with E-state index in [4.69, 9.17) is 0 Å². The molecule has 9 nitrogen and oxygen atoms in total. The summed E-state index contributed by atoms with van der Waals surface area (Å²) in [6.07, 6.45) is 2.04. The van der Waals surface area contributed by atoms with Gasteiger partial charge in [0.1, 0.15) is 11.4 Å². The van der Waals surface area contributed by atoms with Crippen LogP contribution < -0.4 is 5.32 Å². The van der Waals surface area contributed by atoms with Gasteiger partial charge >= 0.3 is 5.69 Å². The van der Waals surface area contributed by atoms with Gasteiger partial charge in [-0.3, -0.25) is 24.3 Å². The summed E-state index contributed by atoms with van der Waals surface area (Å²) in [4.78, 5) is 22.5. The molecule has 0 aliphatic heterocycles. The maximum absolute atomic E-state index is 12.0. The molecule has 2 aromatic heterocycles. The first kappa shape index (κ1) is 18.1. The second-order valence-electron chi connectivity index (χ2n) is 5.31. The fraction of sp³-hybridized carbons (Fsp3) is 0.500. The van der Waals surface area contributed by atoms with Gasteiger partial charge in [0.2, 0.25) is 5.91 Å². The zero-order valence-corrected chi connectivity index (χ0v) is 15.3. The molecule has 10 heteroatoms. The summed E-state index contributed by atoms with van der Waals surface area (Å²) in [5, 5.41) is 22.2. The van der Waals surface area contributed by atoms with Crippen LogP contribution in [0.25, 0.3) is 0 Å². The first-order chi connectivity index (χ1) is 11.3. The van der Waals surface area contributed by atoms with Crippen LogP contribution in [0.5, 0.6) is 0 Å². The van der Waals surface area contributed by atoms with Gasteiger partial charge in [-0.1, -0.05) is 0 Å². The van der Waals surface area contributed by atoms with Crippen LogP contribution in [0.3, 0.4) is 0 Å². The maximum atomic E-state index is 12.0. The third-order valence-corrected chi connectivity index (χ3v) is 4.30. The maximum Gasteiger partial charge on any atom is 0.312 e. The number of nitrogens with one attached hydrogen (secondary N) is 1. The number of hydrogen-bond acceptors (Lipinski definition) is 5. The van der Waals surface area contributed by atoms with Gasteiger partial charge in [0.05, 0.1) is 28.2 Å². The third kappa shape index (κ3) is 3.99. The molecular weight excluding hydrogens is 380 g/mol. The Kier molecular flexibility index (Phi) is 5.71. The Labute approximate surface area is 147 Å². The van der Waals surface area contributed by atoms with E-state index in [0.717, 1.165) is 16.7 Å². The van der Waals surface area contributed by atoms with E-state index in [1.165, 1.54) is 4.68 Å². The van der Waals surface area contributed by atoms with Gasteiger partial charge in [0.25, 0.3) is 0 Å². The first-order valence-electron chi connectivity index (χ1n) is 7.50. The highest BCUT2D eigenvalue weighted by Gasteiger charge is 2.21. The van der Waals surface area contributed by atoms with Gasteiger partial charge < -0.3 is 5.32 Å². The number of halogens is 1. The Morgan fingerprint density at radius 2 is 2.12 bits per heavy atom. The van der Waals surface area contributed by atoms with E-state index < -0.39 is 4.92 Å². The minimum atomic E-state index is -0.449. The van der Waals surface area contributed by atoms with E-state index in [1.807, 2.05) is 13.1 Å². The predicted molar refractivity (Wildman–Crippen MR) is 90.4 cm³/mol. The molecule has 1 N–H and O–H groups in total. The molecule has 0 saturated carbocycles. The summed E-state index contributed by atoms with van der Waals surface area (Å²) in [6, 6.07) is 0. The molecule has 0 spiro atoms. The normalized spacial score (nSPS) is 10.8. The molecule has 0 aliphatic rings. The van der Waals surface area contributed by atoms with Crippen molar-refractivity contribution in [3.05, 3.63) is 37.9 Å². The highest BCUT2D eigenvalue weighted by atomic mass is 79.9. The van der Waals surface area contributed by atoms with E-state index in [0.29, 0.717) is 17.9 Å². The minimum Gasteiger partial charge on any atom is -0.350 e. The molecule has 0 radical (unpaired) electrons. The van der Waals surface area contributed by atoms with Crippen molar-refractivity contribution >= 4 is 27.5 Å². The molecule has 130 valence electrons. The lowest BCUT2D eigenvalue weighted by Crippen LogP contribution is -2.24. The number of amides is 1. The molecule has 24 heavy (non-hydrogen) atoms. The molecule has 2 rings (SSSR count). The molecule has 2 aromatic rings. The number of aromatic nitrogens is 4. The molecule has 0 atom stereocenters. The van der Waals surface area contributed by atoms with Crippen LogP contribution in [-0.4, -0.2) is 30.4 Å². The van der Waals surface area contributed by atoms with Gasteiger partial charge in [0, 0.05) is 19.2 Å². The minimum absolute atomic E-state index is 0.00411. The number of hydrogen-bond donors (Lipinski definition) is 1. The summed E-state index contributed by atoms with van der Waals surface area (Å²) in [6.45, 7) is 6.56. The van der Waals surface area contributed by atoms with Gasteiger partial charge in [-0.2, -0.15) is 10.2 Å². The van der Waals surface area contributed by atoms with Crippen LogP contribution >= 0.6 is 15.9 Å². The van der Waals surface area contributed by atoms with E-state index in [1.54, 1.807) is 18.5 Å². The van der Waals surface area contributed by atoms with Crippen molar-refractivity contribution in [2.45, 2.75) is 46.8 Å². The Morgan fingerprint density at radius 3 is 2.67 bits per heavy atom. The third-order valence-electron chi connectivity index (χ3n) is 3.64. The van der Waals surface area contributed by atoms with Crippen LogP contribution in [0.4, 0.5) is 5.69 Å². The highest BCUT2D eigenvalue weighted by Crippen LogP contribution is 2.21. The van der Waals surface area contributed by atoms with E-state index >= 15 is 0 Å². The monoisotopic (exact) mass is 398 g/mol. The van der Waals surface area contributed by atoms with Crippen LogP contribution in [0, 0.1) is 24.0 Å². The zero-order chi connectivity index (χ0) is 17.9. The van der Waals surface area contributed by atoms with Crippen molar-refractivity contribution < 1.29 is 9.72 Å². The molecule has 0 aliphatic carbocycles. The van der Waals surface area contributed by atoms with E-state index in [9.17, 15) is 14.9 Å². The quantitative estimate of drug-likeness (QED) is 0.567. The van der Waals surface area contributed by atoms with Crippen LogP contribution in [0.2, 0.25) is 0 Å². The number of nitrogens with zero attached hydrogens (tertiary/aromatic N) is 5. The predicted octanol–water partition coefficient (Wildman–Crippen LogP) is 2.09. The molecule has 0 aromatic carbocycles. The Bertz CT molecular complexity index is 767. The fourth-order valence-electron chi connectivity index (χ4n) is 2.37. The second kappa shape index (κ2) is 7.56.